The molecule has 1 aliphatic rings. The molecule has 0 saturated carbocycles. The summed E-state index contributed by atoms with van der Waals surface area (Å²) in [5, 5.41) is 2.82. The van der Waals surface area contributed by atoms with Crippen molar-refractivity contribution >= 4 is 27.5 Å². The maximum Gasteiger partial charge on any atom is 0.251 e. The Hall–Kier alpha value is -1.89. The van der Waals surface area contributed by atoms with Gasteiger partial charge in [0.25, 0.3) is 5.91 Å². The molecule has 23 heavy (non-hydrogen) atoms. The summed E-state index contributed by atoms with van der Waals surface area (Å²) in [5.41, 5.74) is -0.644. The molecule has 0 aliphatic carbocycles. The molecule has 0 unspecified atom stereocenters. The van der Waals surface area contributed by atoms with E-state index in [1.165, 1.54) is 24.3 Å². The summed E-state index contributed by atoms with van der Waals surface area (Å²) in [6, 6.07) is 6.00. The highest BCUT2D eigenvalue weighted by molar-refractivity contribution is 7.94. The number of amides is 2. The Morgan fingerprint density at radius 1 is 1.17 bits per heavy atom. The van der Waals surface area contributed by atoms with Gasteiger partial charge in [-0.2, -0.15) is 0 Å². The summed E-state index contributed by atoms with van der Waals surface area (Å²) in [6.45, 7) is 8.83. The van der Waals surface area contributed by atoms with Gasteiger partial charge in [0.1, 0.15) is 0 Å². The van der Waals surface area contributed by atoms with E-state index in [1.54, 1.807) is 13.8 Å². The third-order valence-corrected chi connectivity index (χ3v) is 5.46. The van der Waals surface area contributed by atoms with Crippen LogP contribution in [-0.4, -0.2) is 31.5 Å². The molecule has 0 radical (unpaired) electrons. The zero-order chi connectivity index (χ0) is 17.6. The first-order chi connectivity index (χ1) is 10.3. The molecule has 1 aliphatic heterocycles. The fourth-order valence-corrected chi connectivity index (χ4v) is 4.53. The summed E-state index contributed by atoms with van der Waals surface area (Å²) in [4.78, 5) is 24.4. The van der Waals surface area contributed by atoms with Gasteiger partial charge >= 0.3 is 0 Å². The molecular formula is C16H22N2O4S. The van der Waals surface area contributed by atoms with Crippen molar-refractivity contribution in [1.29, 1.82) is 0 Å². The van der Waals surface area contributed by atoms with Crippen LogP contribution in [0.3, 0.4) is 0 Å². The van der Waals surface area contributed by atoms with E-state index in [0.29, 0.717) is 5.56 Å². The maximum absolute atomic E-state index is 12.3. The molecule has 2 rings (SSSR count). The van der Waals surface area contributed by atoms with E-state index in [4.69, 9.17) is 0 Å². The normalized spacial score (nSPS) is 19.7. The number of nitrogens with one attached hydrogen (secondary N) is 1. The number of nitrogens with zero attached hydrogens (tertiary/aromatic N) is 1. The minimum atomic E-state index is -3.68. The molecule has 1 heterocycles. The standard InChI is InChI=1S/C16H22N2O4S/c1-15(2,3)17-13(19)11-6-8-12(9-7-11)18-14(20)16(4,5)10-23(18,21)22/h6-9H,10H2,1-5H3,(H,17,19). The van der Waals surface area contributed by atoms with Gasteiger partial charge in [-0.3, -0.25) is 9.59 Å². The monoisotopic (exact) mass is 338 g/mol. The summed E-state index contributed by atoms with van der Waals surface area (Å²) < 4.78 is 25.3. The maximum atomic E-state index is 12.3. The van der Waals surface area contributed by atoms with Crippen LogP contribution in [-0.2, 0) is 14.8 Å². The van der Waals surface area contributed by atoms with E-state index in [9.17, 15) is 18.0 Å². The number of hydrogen-bond acceptors (Lipinski definition) is 4. The highest BCUT2D eigenvalue weighted by Gasteiger charge is 2.49. The van der Waals surface area contributed by atoms with Crippen LogP contribution in [0.1, 0.15) is 45.0 Å². The first-order valence-corrected chi connectivity index (χ1v) is 8.94. The van der Waals surface area contributed by atoms with Gasteiger partial charge in [0, 0.05) is 11.1 Å². The van der Waals surface area contributed by atoms with Crippen LogP contribution in [0, 0.1) is 5.41 Å². The highest BCUT2D eigenvalue weighted by Crippen LogP contribution is 2.35. The number of benzene rings is 1. The fraction of sp³-hybridized carbons (Fsp3) is 0.500. The fourth-order valence-electron chi connectivity index (χ4n) is 2.42. The molecule has 1 fully saturated rings. The largest absolute Gasteiger partial charge is 0.347 e. The molecule has 6 nitrogen and oxygen atoms in total. The lowest BCUT2D eigenvalue weighted by Crippen LogP contribution is -2.40. The van der Waals surface area contributed by atoms with Crippen LogP contribution in [0.4, 0.5) is 5.69 Å². The minimum Gasteiger partial charge on any atom is -0.347 e. The summed E-state index contributed by atoms with van der Waals surface area (Å²) >= 11 is 0. The van der Waals surface area contributed by atoms with Gasteiger partial charge in [0.15, 0.2) is 0 Å². The van der Waals surface area contributed by atoms with Crippen molar-refractivity contribution in [1.82, 2.24) is 5.32 Å². The van der Waals surface area contributed by atoms with E-state index in [0.717, 1.165) is 4.31 Å². The second-order valence-electron chi connectivity index (χ2n) is 7.46. The predicted octanol–water partition coefficient (Wildman–Crippen LogP) is 1.92. The second kappa shape index (κ2) is 5.33. The molecule has 0 aromatic heterocycles. The Kier molecular flexibility index (Phi) is 4.05. The lowest BCUT2D eigenvalue weighted by atomic mass is 9.95. The number of rotatable bonds is 2. The third kappa shape index (κ3) is 3.55. The average molecular weight is 338 g/mol. The minimum absolute atomic E-state index is 0.217. The van der Waals surface area contributed by atoms with Crippen LogP contribution < -0.4 is 9.62 Å². The van der Waals surface area contributed by atoms with E-state index in [2.05, 4.69) is 5.32 Å². The number of carbonyl (C=O) groups is 2. The van der Waals surface area contributed by atoms with E-state index in [-0.39, 0.29) is 22.9 Å². The van der Waals surface area contributed by atoms with Gasteiger partial charge in [-0.1, -0.05) is 0 Å². The lowest BCUT2D eigenvalue weighted by Gasteiger charge is -2.21. The van der Waals surface area contributed by atoms with Crippen molar-refractivity contribution in [3.05, 3.63) is 29.8 Å². The Morgan fingerprint density at radius 2 is 1.70 bits per heavy atom. The molecule has 126 valence electrons. The number of sulfonamides is 1. The first-order valence-electron chi connectivity index (χ1n) is 7.33. The smallest absolute Gasteiger partial charge is 0.251 e. The van der Waals surface area contributed by atoms with Crippen molar-refractivity contribution in [3.8, 4) is 0 Å². The van der Waals surface area contributed by atoms with Crippen molar-refractivity contribution in [3.63, 3.8) is 0 Å². The molecule has 0 spiro atoms. The van der Waals surface area contributed by atoms with Crippen LogP contribution >= 0.6 is 0 Å². The zero-order valence-electron chi connectivity index (χ0n) is 14.0. The summed E-state index contributed by atoms with van der Waals surface area (Å²) in [6.07, 6.45) is 0. The lowest BCUT2D eigenvalue weighted by molar-refractivity contribution is -0.123. The molecule has 0 atom stereocenters. The SMILES string of the molecule is CC(C)(C)NC(=O)c1ccc(N2C(=O)C(C)(C)CS2(=O)=O)cc1. The molecule has 7 heteroatoms. The molecular weight excluding hydrogens is 316 g/mol. The van der Waals surface area contributed by atoms with E-state index >= 15 is 0 Å². The van der Waals surface area contributed by atoms with E-state index < -0.39 is 21.3 Å². The second-order valence-corrected chi connectivity index (χ2v) is 9.28. The Bertz CT molecular complexity index is 743. The Balaban J connectivity index is 2.30. The molecule has 1 aromatic rings. The van der Waals surface area contributed by atoms with Crippen LogP contribution in [0.5, 0.6) is 0 Å². The van der Waals surface area contributed by atoms with Crippen LogP contribution in [0.25, 0.3) is 0 Å². The van der Waals surface area contributed by atoms with Crippen LogP contribution in [0.2, 0.25) is 0 Å². The topological polar surface area (TPSA) is 83.6 Å². The van der Waals surface area contributed by atoms with Crippen molar-refractivity contribution < 1.29 is 18.0 Å². The summed E-state index contributed by atoms with van der Waals surface area (Å²) in [5.74, 6) is -0.921. The average Bonchev–Trinajstić information content (AvgIpc) is 2.52. The Labute approximate surface area is 136 Å². The Morgan fingerprint density at radius 3 is 2.09 bits per heavy atom. The first kappa shape index (κ1) is 17.5. The quantitative estimate of drug-likeness (QED) is 0.893. The molecule has 2 amide bonds. The predicted molar refractivity (Wildman–Crippen MR) is 88.7 cm³/mol. The third-order valence-electron chi connectivity index (χ3n) is 3.44. The van der Waals surface area contributed by atoms with Crippen LogP contribution in [0.15, 0.2) is 24.3 Å². The van der Waals surface area contributed by atoms with E-state index in [1.807, 2.05) is 20.8 Å². The van der Waals surface area contributed by atoms with Gasteiger partial charge < -0.3 is 5.32 Å². The van der Waals surface area contributed by atoms with Gasteiger partial charge in [-0.25, -0.2) is 12.7 Å². The van der Waals surface area contributed by atoms with Gasteiger partial charge in [0.05, 0.1) is 16.9 Å². The molecule has 1 saturated heterocycles. The van der Waals surface area contributed by atoms with Crippen molar-refractivity contribution in [2.24, 2.45) is 5.41 Å². The summed E-state index contributed by atoms with van der Waals surface area (Å²) in [7, 11) is -3.68. The number of hydrogen-bond donors (Lipinski definition) is 1. The zero-order valence-corrected chi connectivity index (χ0v) is 14.8. The molecule has 1 aromatic carbocycles. The number of carbonyl (C=O) groups excluding carboxylic acids is 2. The molecule has 0 bridgehead atoms. The molecule has 1 N–H and O–H groups in total. The highest BCUT2D eigenvalue weighted by atomic mass is 32.2. The van der Waals surface area contributed by atoms with Crippen molar-refractivity contribution in [2.75, 3.05) is 10.1 Å². The number of anilines is 1. The van der Waals surface area contributed by atoms with Crippen molar-refractivity contribution in [2.45, 2.75) is 40.2 Å². The van der Waals surface area contributed by atoms with Gasteiger partial charge in [0.2, 0.25) is 15.9 Å². The van der Waals surface area contributed by atoms with Gasteiger partial charge in [-0.15, -0.1) is 0 Å². The van der Waals surface area contributed by atoms with Gasteiger partial charge in [-0.05, 0) is 58.9 Å².